The van der Waals surface area contributed by atoms with Crippen LogP contribution in [0.2, 0.25) is 0 Å². The van der Waals surface area contributed by atoms with Gasteiger partial charge in [-0.3, -0.25) is 5.26 Å². The number of halogens is 3. The molecule has 0 saturated heterocycles. The molecular formula is C3H3F3O4. The molecule has 0 radical (unpaired) electrons. The molecule has 0 aromatic heterocycles. The predicted octanol–water partition coefficient (Wildman–Crippen LogP) is 0.539. The smallest absolute Gasteiger partial charge is 0.371 e. The van der Waals surface area contributed by atoms with Crippen molar-refractivity contribution in [2.24, 2.45) is 0 Å². The fraction of sp³-hybridized carbons (Fsp3) is 0.667. The van der Waals surface area contributed by atoms with E-state index in [1.807, 2.05) is 0 Å². The molecule has 0 saturated carbocycles. The maximum absolute atomic E-state index is 11.0. The minimum absolute atomic E-state index is 1.14. The highest BCUT2D eigenvalue weighted by atomic mass is 19.4. The van der Waals surface area contributed by atoms with Crippen molar-refractivity contribution in [3.8, 4) is 0 Å². The van der Waals surface area contributed by atoms with Crippen LogP contribution in [0.15, 0.2) is 0 Å². The van der Waals surface area contributed by atoms with Gasteiger partial charge in [0.2, 0.25) is 0 Å². The van der Waals surface area contributed by atoms with Crippen LogP contribution >= 0.6 is 0 Å². The van der Waals surface area contributed by atoms with E-state index in [0.29, 0.717) is 0 Å². The molecule has 0 amide bonds. The van der Waals surface area contributed by atoms with Crippen LogP contribution in [0.1, 0.15) is 0 Å². The number of alkyl halides is 3. The third kappa shape index (κ3) is 5.32. The summed E-state index contributed by atoms with van der Waals surface area (Å²) in [4.78, 5) is 12.9. The molecule has 7 heteroatoms. The summed E-state index contributed by atoms with van der Waals surface area (Å²) >= 11 is 0. The molecule has 0 rings (SSSR count). The van der Waals surface area contributed by atoms with Gasteiger partial charge in [0.15, 0.2) is 6.61 Å². The van der Waals surface area contributed by atoms with Crippen molar-refractivity contribution < 1.29 is 32.8 Å². The maximum atomic E-state index is 11.0. The molecule has 10 heavy (non-hydrogen) atoms. The largest absolute Gasteiger partial charge is 0.575 e. The van der Waals surface area contributed by atoms with Gasteiger partial charge in [0, 0.05) is 0 Å². The molecule has 0 fully saturated rings. The van der Waals surface area contributed by atoms with Crippen LogP contribution in [0, 0.1) is 0 Å². The Balaban J connectivity index is 3.58. The van der Waals surface area contributed by atoms with Crippen LogP contribution < -0.4 is 0 Å². The normalized spacial score (nSPS) is 11.2. The number of ether oxygens (including phenoxy) is 1. The van der Waals surface area contributed by atoms with Crippen molar-refractivity contribution in [3.63, 3.8) is 0 Å². The summed E-state index contributed by atoms with van der Waals surface area (Å²) in [7, 11) is 0. The number of carbonyl (C=O) groups is 1. The fourth-order valence-corrected chi connectivity index (χ4v) is 0.211. The zero-order valence-electron chi connectivity index (χ0n) is 4.51. The van der Waals surface area contributed by atoms with Gasteiger partial charge in [-0.2, -0.15) is 0 Å². The second kappa shape index (κ2) is 3.37. The summed E-state index contributed by atoms with van der Waals surface area (Å²) in [6.45, 7) is -1.14. The van der Waals surface area contributed by atoms with Gasteiger partial charge in [-0.1, -0.05) is 0 Å². The second-order valence-electron chi connectivity index (χ2n) is 1.19. The van der Waals surface area contributed by atoms with Crippen LogP contribution in [-0.2, 0) is 14.4 Å². The lowest BCUT2D eigenvalue weighted by Crippen LogP contribution is -2.22. The van der Waals surface area contributed by atoms with E-state index in [2.05, 4.69) is 9.62 Å². The van der Waals surface area contributed by atoms with Crippen LogP contribution in [0.3, 0.4) is 0 Å². The maximum Gasteiger partial charge on any atom is 0.575 e. The van der Waals surface area contributed by atoms with Gasteiger partial charge in [0.05, 0.1) is 0 Å². The number of hydrogen-bond donors (Lipinski definition) is 1. The Kier molecular flexibility index (Phi) is 3.10. The van der Waals surface area contributed by atoms with E-state index < -0.39 is 18.9 Å². The number of carbonyl (C=O) groups excluding carboxylic acids is 1. The Labute approximate surface area is 53.1 Å². The van der Waals surface area contributed by atoms with Crippen LogP contribution in [-0.4, -0.2) is 24.2 Å². The summed E-state index contributed by atoms with van der Waals surface area (Å²) < 4.78 is 35.9. The quantitative estimate of drug-likeness (QED) is 0.364. The van der Waals surface area contributed by atoms with Crippen molar-refractivity contribution in [2.75, 3.05) is 6.61 Å². The van der Waals surface area contributed by atoms with Gasteiger partial charge in [-0.15, -0.1) is 13.2 Å². The summed E-state index contributed by atoms with van der Waals surface area (Å²) in [6, 6.07) is 0. The van der Waals surface area contributed by atoms with Gasteiger partial charge in [-0.05, 0) is 0 Å². The van der Waals surface area contributed by atoms with E-state index in [1.165, 1.54) is 0 Å². The summed E-state index contributed by atoms with van der Waals surface area (Å²) in [5, 5.41) is 7.47. The molecular weight excluding hydrogens is 157 g/mol. The Morgan fingerprint density at radius 2 is 2.00 bits per heavy atom. The van der Waals surface area contributed by atoms with Crippen molar-refractivity contribution >= 4 is 5.97 Å². The highest BCUT2D eigenvalue weighted by Gasteiger charge is 2.33. The zero-order valence-corrected chi connectivity index (χ0v) is 4.51. The molecule has 1 N–H and O–H groups in total. The highest BCUT2D eigenvalue weighted by Crippen LogP contribution is 2.15. The van der Waals surface area contributed by atoms with Gasteiger partial charge < -0.3 is 4.74 Å². The van der Waals surface area contributed by atoms with E-state index in [4.69, 9.17) is 5.26 Å². The first-order valence-electron chi connectivity index (χ1n) is 2.00. The molecule has 0 aliphatic rings. The average molecular weight is 160 g/mol. The first kappa shape index (κ1) is 9.18. The SMILES string of the molecule is O=C(COO)OC(F)(F)F. The molecule has 0 unspecified atom stereocenters. The third-order valence-electron chi connectivity index (χ3n) is 0.412. The van der Waals surface area contributed by atoms with E-state index in [9.17, 15) is 18.0 Å². The topological polar surface area (TPSA) is 55.8 Å². The van der Waals surface area contributed by atoms with Crippen molar-refractivity contribution in [3.05, 3.63) is 0 Å². The standard InChI is InChI=1S/C3H3F3O4/c4-3(5,6)10-2(7)1-9-8/h8H,1H2. The van der Waals surface area contributed by atoms with E-state index >= 15 is 0 Å². The first-order valence-corrected chi connectivity index (χ1v) is 2.00. The lowest BCUT2D eigenvalue weighted by Gasteiger charge is -2.04. The van der Waals surface area contributed by atoms with Crippen molar-refractivity contribution in [1.82, 2.24) is 0 Å². The van der Waals surface area contributed by atoms with E-state index in [-0.39, 0.29) is 0 Å². The van der Waals surface area contributed by atoms with Gasteiger partial charge in [0.25, 0.3) is 0 Å². The lowest BCUT2D eigenvalue weighted by molar-refractivity contribution is -0.316. The van der Waals surface area contributed by atoms with E-state index in [0.717, 1.165) is 0 Å². The molecule has 0 bridgehead atoms. The third-order valence-corrected chi connectivity index (χ3v) is 0.412. The molecule has 0 atom stereocenters. The molecule has 0 aliphatic carbocycles. The predicted molar refractivity (Wildman–Crippen MR) is 20.7 cm³/mol. The molecule has 0 aliphatic heterocycles. The minimum Gasteiger partial charge on any atom is -0.371 e. The number of rotatable bonds is 2. The van der Waals surface area contributed by atoms with Gasteiger partial charge in [0.1, 0.15) is 0 Å². The molecule has 0 spiro atoms. The Hall–Kier alpha value is -0.820. The summed E-state index contributed by atoms with van der Waals surface area (Å²) in [5.41, 5.74) is 0. The van der Waals surface area contributed by atoms with Crippen LogP contribution in [0.4, 0.5) is 13.2 Å². The lowest BCUT2D eigenvalue weighted by atomic mass is 10.7. The van der Waals surface area contributed by atoms with Crippen LogP contribution in [0.5, 0.6) is 0 Å². The monoisotopic (exact) mass is 160 g/mol. The van der Waals surface area contributed by atoms with Crippen molar-refractivity contribution in [2.45, 2.75) is 6.36 Å². The van der Waals surface area contributed by atoms with Gasteiger partial charge in [-0.25, -0.2) is 9.68 Å². The summed E-state index contributed by atoms with van der Waals surface area (Å²) in [6.07, 6.45) is -5.02. The molecule has 0 heterocycles. The van der Waals surface area contributed by atoms with Crippen LogP contribution in [0.25, 0.3) is 0 Å². The van der Waals surface area contributed by atoms with E-state index in [1.54, 1.807) is 0 Å². The average Bonchev–Trinajstić information content (AvgIpc) is 1.59. The molecule has 0 aromatic rings. The molecule has 4 nitrogen and oxygen atoms in total. The Morgan fingerprint density at radius 3 is 2.30 bits per heavy atom. The Morgan fingerprint density at radius 1 is 1.50 bits per heavy atom. The number of esters is 1. The molecule has 0 aromatic carbocycles. The molecule has 60 valence electrons. The zero-order chi connectivity index (χ0) is 8.20. The fourth-order valence-electron chi connectivity index (χ4n) is 0.211. The highest BCUT2D eigenvalue weighted by molar-refractivity contribution is 5.70. The first-order chi connectivity index (χ1) is 4.45. The summed E-state index contributed by atoms with van der Waals surface area (Å²) in [5.74, 6) is -1.70. The Bertz CT molecular complexity index is 119. The van der Waals surface area contributed by atoms with Crippen molar-refractivity contribution in [1.29, 1.82) is 0 Å². The minimum atomic E-state index is -5.02. The number of hydrogen-bond acceptors (Lipinski definition) is 4. The van der Waals surface area contributed by atoms with Gasteiger partial charge >= 0.3 is 12.3 Å². The second-order valence-corrected chi connectivity index (χ2v) is 1.19.